The summed E-state index contributed by atoms with van der Waals surface area (Å²) < 4.78 is 87.4. The van der Waals surface area contributed by atoms with Gasteiger partial charge in [-0.2, -0.15) is 13.2 Å². The quantitative estimate of drug-likeness (QED) is 0.279. The van der Waals surface area contributed by atoms with Crippen LogP contribution in [0.2, 0.25) is 0 Å². The number of benzene rings is 1. The molecular weight excluding hydrogens is 502 g/mol. The summed E-state index contributed by atoms with van der Waals surface area (Å²) in [6, 6.07) is 3.38. The summed E-state index contributed by atoms with van der Waals surface area (Å²) in [5.41, 5.74) is 6.28. The van der Waals surface area contributed by atoms with Gasteiger partial charge in [-0.1, -0.05) is 0 Å². The molecule has 3 aromatic rings. The maximum absolute atomic E-state index is 13.9. The van der Waals surface area contributed by atoms with E-state index in [9.17, 15) is 31.1 Å². The van der Waals surface area contributed by atoms with E-state index in [-0.39, 0.29) is 66.9 Å². The summed E-state index contributed by atoms with van der Waals surface area (Å²) in [5.74, 6) is -4.38. The standard InChI is InChI=1S/C22H20F6N4O2.ClH/c23-15-9-17(25)16(24)8-12(15)7-13(29)3-4-31-5-6-32-18(10-31)20(30-21(32)22(26,27)28)19-2-1-14(11-33)34-19;/h1-2,8-9,11,13H,3-7,10,29H2;1H/t13-;/m0./s1. The fourth-order valence-electron chi connectivity index (χ4n) is 4.02. The van der Waals surface area contributed by atoms with E-state index < -0.39 is 35.5 Å². The highest BCUT2D eigenvalue weighted by atomic mass is 35.5. The first kappa shape index (κ1) is 26.8. The molecule has 6 nitrogen and oxygen atoms in total. The van der Waals surface area contributed by atoms with Crippen molar-refractivity contribution in [2.45, 2.75) is 38.1 Å². The number of hydrogen-bond donors (Lipinski definition) is 1. The summed E-state index contributed by atoms with van der Waals surface area (Å²) in [6.45, 7) is 0.791. The smallest absolute Gasteiger partial charge is 0.449 e. The van der Waals surface area contributed by atoms with Crippen LogP contribution < -0.4 is 5.73 Å². The Bertz CT molecular complexity index is 1210. The van der Waals surface area contributed by atoms with Gasteiger partial charge in [-0.25, -0.2) is 18.2 Å². The van der Waals surface area contributed by atoms with Crippen molar-refractivity contribution in [3.8, 4) is 11.5 Å². The third kappa shape index (κ3) is 5.71. The number of nitrogens with zero attached hydrogens (tertiary/aromatic N) is 3. The lowest BCUT2D eigenvalue weighted by Crippen LogP contribution is -2.38. The SMILES string of the molecule is Cl.N[C@@H](CCN1CCn2c(C(F)(F)F)nc(-c3ccc(C=O)o3)c2C1)Cc1cc(F)c(F)cc1F. The van der Waals surface area contributed by atoms with Gasteiger partial charge >= 0.3 is 6.18 Å². The first-order valence-electron chi connectivity index (χ1n) is 10.4. The highest BCUT2D eigenvalue weighted by Crippen LogP contribution is 2.36. The zero-order chi connectivity index (χ0) is 24.6. The predicted octanol–water partition coefficient (Wildman–Crippen LogP) is 4.59. The van der Waals surface area contributed by atoms with Crippen molar-refractivity contribution in [2.24, 2.45) is 5.73 Å². The number of aromatic nitrogens is 2. The average Bonchev–Trinajstić information content (AvgIpc) is 3.40. The summed E-state index contributed by atoms with van der Waals surface area (Å²) >= 11 is 0. The molecule has 0 amide bonds. The number of furan rings is 1. The molecular formula is C22H21ClF6N4O2. The van der Waals surface area contributed by atoms with Crippen LogP contribution in [0.25, 0.3) is 11.5 Å². The van der Waals surface area contributed by atoms with Crippen LogP contribution in [-0.4, -0.2) is 39.9 Å². The van der Waals surface area contributed by atoms with Gasteiger partial charge in [0.15, 0.2) is 29.4 Å². The Hall–Kier alpha value is -2.83. The number of aldehydes is 1. The van der Waals surface area contributed by atoms with Gasteiger partial charge in [0.2, 0.25) is 5.82 Å². The van der Waals surface area contributed by atoms with Crippen LogP contribution in [0.5, 0.6) is 0 Å². The monoisotopic (exact) mass is 522 g/mol. The molecule has 0 aliphatic carbocycles. The minimum atomic E-state index is -4.67. The Morgan fingerprint density at radius 2 is 1.83 bits per heavy atom. The maximum atomic E-state index is 13.9. The van der Waals surface area contributed by atoms with E-state index in [0.29, 0.717) is 25.3 Å². The molecule has 1 aliphatic heterocycles. The zero-order valence-electron chi connectivity index (χ0n) is 18.1. The minimum absolute atomic E-state index is 0. The molecule has 0 radical (unpaired) electrons. The van der Waals surface area contributed by atoms with Crippen LogP contribution in [0.4, 0.5) is 26.3 Å². The summed E-state index contributed by atoms with van der Waals surface area (Å²) in [5, 5.41) is 0. The minimum Gasteiger partial charge on any atom is -0.452 e. The fraction of sp³-hybridized carbons (Fsp3) is 0.364. The highest BCUT2D eigenvalue weighted by Gasteiger charge is 2.40. The maximum Gasteiger partial charge on any atom is 0.449 e. The van der Waals surface area contributed by atoms with Gasteiger partial charge in [-0.15, -0.1) is 12.4 Å². The van der Waals surface area contributed by atoms with Crippen LogP contribution in [0.15, 0.2) is 28.7 Å². The van der Waals surface area contributed by atoms with E-state index in [2.05, 4.69) is 4.98 Å². The van der Waals surface area contributed by atoms with Gasteiger partial charge in [0, 0.05) is 38.3 Å². The number of carbonyl (C=O) groups excluding carboxylic acids is 1. The normalized spacial score (nSPS) is 14.9. The molecule has 0 saturated heterocycles. The molecule has 1 aromatic carbocycles. The molecule has 2 N–H and O–H groups in total. The molecule has 190 valence electrons. The van der Waals surface area contributed by atoms with Crippen molar-refractivity contribution in [2.75, 3.05) is 13.1 Å². The second-order valence-corrected chi connectivity index (χ2v) is 8.09. The van der Waals surface area contributed by atoms with Gasteiger partial charge in [0.05, 0.1) is 5.69 Å². The third-order valence-electron chi connectivity index (χ3n) is 5.70. The molecule has 2 aromatic heterocycles. The Morgan fingerprint density at radius 1 is 1.11 bits per heavy atom. The zero-order valence-corrected chi connectivity index (χ0v) is 18.9. The first-order chi connectivity index (χ1) is 16.1. The Kier molecular flexibility index (Phi) is 7.97. The topological polar surface area (TPSA) is 77.3 Å². The van der Waals surface area contributed by atoms with Gasteiger partial charge in [-0.3, -0.25) is 9.69 Å². The average molecular weight is 523 g/mol. The van der Waals surface area contributed by atoms with Crippen molar-refractivity contribution in [3.05, 3.63) is 64.6 Å². The van der Waals surface area contributed by atoms with Crippen LogP contribution in [0.3, 0.4) is 0 Å². The Morgan fingerprint density at radius 3 is 2.49 bits per heavy atom. The molecule has 1 atom stereocenters. The fourth-order valence-corrected chi connectivity index (χ4v) is 4.02. The summed E-state index contributed by atoms with van der Waals surface area (Å²) in [6.07, 6.45) is -3.92. The lowest BCUT2D eigenvalue weighted by atomic mass is 10.0. The Balaban J connectivity index is 0.00000342. The van der Waals surface area contributed by atoms with Crippen molar-refractivity contribution in [1.29, 1.82) is 0 Å². The van der Waals surface area contributed by atoms with E-state index in [1.807, 2.05) is 4.90 Å². The largest absolute Gasteiger partial charge is 0.452 e. The number of fused-ring (bicyclic) bond motifs is 1. The van der Waals surface area contributed by atoms with Crippen LogP contribution >= 0.6 is 12.4 Å². The Labute approximate surface area is 202 Å². The molecule has 3 heterocycles. The lowest BCUT2D eigenvalue weighted by Gasteiger charge is -2.30. The van der Waals surface area contributed by atoms with Crippen LogP contribution in [-0.2, 0) is 25.7 Å². The molecule has 1 aliphatic rings. The number of halogens is 7. The van der Waals surface area contributed by atoms with Crippen LogP contribution in [0, 0.1) is 17.5 Å². The molecule has 4 rings (SSSR count). The van der Waals surface area contributed by atoms with Crippen LogP contribution in [0.1, 0.15) is 34.1 Å². The second kappa shape index (κ2) is 10.4. The molecule has 0 spiro atoms. The van der Waals surface area contributed by atoms with Gasteiger partial charge in [-0.05, 0) is 36.6 Å². The third-order valence-corrected chi connectivity index (χ3v) is 5.70. The number of alkyl halides is 3. The number of hydrogen-bond acceptors (Lipinski definition) is 5. The van der Waals surface area contributed by atoms with Gasteiger partial charge in [0.1, 0.15) is 11.5 Å². The molecule has 0 fully saturated rings. The number of nitrogens with two attached hydrogens (primary N) is 1. The lowest BCUT2D eigenvalue weighted by molar-refractivity contribution is -0.147. The van der Waals surface area contributed by atoms with E-state index in [1.54, 1.807) is 0 Å². The summed E-state index contributed by atoms with van der Waals surface area (Å²) in [7, 11) is 0. The van der Waals surface area contributed by atoms with Crippen molar-refractivity contribution in [3.63, 3.8) is 0 Å². The van der Waals surface area contributed by atoms with E-state index in [1.165, 1.54) is 12.1 Å². The van der Waals surface area contributed by atoms with Crippen molar-refractivity contribution >= 4 is 18.7 Å². The van der Waals surface area contributed by atoms with Crippen molar-refractivity contribution < 1.29 is 35.6 Å². The molecule has 0 unspecified atom stereocenters. The van der Waals surface area contributed by atoms with Gasteiger partial charge < -0.3 is 14.7 Å². The number of imidazole rings is 1. The first-order valence-corrected chi connectivity index (χ1v) is 10.4. The van der Waals surface area contributed by atoms with E-state index >= 15 is 0 Å². The van der Waals surface area contributed by atoms with E-state index in [0.717, 1.165) is 10.6 Å². The van der Waals surface area contributed by atoms with E-state index in [4.69, 9.17) is 10.2 Å². The molecule has 35 heavy (non-hydrogen) atoms. The highest BCUT2D eigenvalue weighted by molar-refractivity contribution is 5.85. The van der Waals surface area contributed by atoms with Gasteiger partial charge in [0.25, 0.3) is 0 Å². The summed E-state index contributed by atoms with van der Waals surface area (Å²) in [4.78, 5) is 16.5. The molecule has 0 bridgehead atoms. The predicted molar refractivity (Wildman–Crippen MR) is 115 cm³/mol. The molecule has 0 saturated carbocycles. The number of rotatable bonds is 7. The second-order valence-electron chi connectivity index (χ2n) is 8.09. The molecule has 13 heteroatoms. The van der Waals surface area contributed by atoms with Crippen molar-refractivity contribution in [1.82, 2.24) is 14.5 Å². The number of carbonyl (C=O) groups is 1.